The van der Waals surface area contributed by atoms with Gasteiger partial charge in [0.2, 0.25) is 0 Å². The third-order valence-electron chi connectivity index (χ3n) is 5.70. The SMILES string of the molecule is CN(C)c1ccc(C2(c3ccc(N(C)C)cc3)C=Cc3c(N)n[nH]c3C2)cc1. The molecule has 0 fully saturated rings. The molecular weight excluding hydrogens is 346 g/mol. The Bertz CT molecular complexity index is 943. The Hall–Kier alpha value is -3.21. The van der Waals surface area contributed by atoms with E-state index in [4.69, 9.17) is 5.73 Å². The van der Waals surface area contributed by atoms with Crippen LogP contribution in [0.2, 0.25) is 0 Å². The number of rotatable bonds is 4. The van der Waals surface area contributed by atoms with Gasteiger partial charge >= 0.3 is 0 Å². The minimum atomic E-state index is -0.262. The van der Waals surface area contributed by atoms with Crippen molar-refractivity contribution in [3.63, 3.8) is 0 Å². The number of aromatic amines is 1. The summed E-state index contributed by atoms with van der Waals surface area (Å²) in [6.07, 6.45) is 5.18. The number of benzene rings is 2. The molecule has 0 bridgehead atoms. The van der Waals surface area contributed by atoms with Crippen molar-refractivity contribution in [3.05, 3.63) is 77.0 Å². The highest BCUT2D eigenvalue weighted by Gasteiger charge is 2.36. The Morgan fingerprint density at radius 3 is 1.82 bits per heavy atom. The predicted octanol–water partition coefficient (Wildman–Crippen LogP) is 3.68. The molecule has 3 aromatic rings. The van der Waals surface area contributed by atoms with Crippen molar-refractivity contribution in [1.82, 2.24) is 10.2 Å². The van der Waals surface area contributed by atoms with E-state index in [1.54, 1.807) is 0 Å². The molecule has 0 saturated carbocycles. The van der Waals surface area contributed by atoms with Crippen molar-refractivity contribution in [2.75, 3.05) is 43.7 Å². The van der Waals surface area contributed by atoms with Crippen LogP contribution in [0.25, 0.3) is 6.08 Å². The number of nitrogen functional groups attached to an aromatic ring is 1. The first kappa shape index (κ1) is 18.2. The quantitative estimate of drug-likeness (QED) is 0.732. The van der Waals surface area contributed by atoms with Crippen molar-refractivity contribution in [2.45, 2.75) is 11.8 Å². The van der Waals surface area contributed by atoms with Gasteiger partial charge in [-0.25, -0.2) is 0 Å². The Kier molecular flexibility index (Phi) is 4.38. The van der Waals surface area contributed by atoms with Gasteiger partial charge in [0.05, 0.1) is 0 Å². The second-order valence-electron chi connectivity index (χ2n) is 7.87. The standard InChI is InChI=1S/C23H27N5/c1-27(2)18-9-5-16(6-10-18)23(17-7-11-19(12-8-17)28(3)4)14-13-20-21(15-23)25-26-22(20)24/h5-14H,15H2,1-4H3,(H3,24,25,26). The third kappa shape index (κ3) is 2.93. The maximum atomic E-state index is 6.03. The fourth-order valence-corrected chi connectivity index (χ4v) is 3.96. The molecule has 0 spiro atoms. The molecule has 144 valence electrons. The van der Waals surface area contributed by atoms with Crippen molar-refractivity contribution in [3.8, 4) is 0 Å². The summed E-state index contributed by atoms with van der Waals surface area (Å²) in [6, 6.07) is 17.6. The molecule has 5 nitrogen and oxygen atoms in total. The minimum Gasteiger partial charge on any atom is -0.382 e. The van der Waals surface area contributed by atoms with E-state index in [1.807, 2.05) is 0 Å². The van der Waals surface area contributed by atoms with Crippen molar-refractivity contribution in [1.29, 1.82) is 0 Å². The summed E-state index contributed by atoms with van der Waals surface area (Å²) in [6.45, 7) is 0. The average Bonchev–Trinajstić information content (AvgIpc) is 3.08. The first-order valence-corrected chi connectivity index (χ1v) is 9.48. The van der Waals surface area contributed by atoms with Crippen molar-refractivity contribution < 1.29 is 0 Å². The van der Waals surface area contributed by atoms with Crippen LogP contribution in [0.15, 0.2) is 54.6 Å². The lowest BCUT2D eigenvalue weighted by Crippen LogP contribution is -2.30. The molecule has 3 N–H and O–H groups in total. The highest BCUT2D eigenvalue weighted by Crippen LogP contribution is 2.42. The van der Waals surface area contributed by atoms with E-state index >= 15 is 0 Å². The molecule has 1 aromatic heterocycles. The Labute approximate surface area is 166 Å². The molecule has 1 heterocycles. The third-order valence-corrected chi connectivity index (χ3v) is 5.70. The van der Waals surface area contributed by atoms with Gasteiger partial charge in [-0.05, 0) is 35.4 Å². The van der Waals surface area contributed by atoms with Gasteiger partial charge in [-0.1, -0.05) is 36.4 Å². The van der Waals surface area contributed by atoms with E-state index in [0.717, 1.165) is 17.7 Å². The fourth-order valence-electron chi connectivity index (χ4n) is 3.96. The van der Waals surface area contributed by atoms with Crippen LogP contribution in [0.5, 0.6) is 0 Å². The highest BCUT2D eigenvalue weighted by molar-refractivity contribution is 5.70. The fraction of sp³-hybridized carbons (Fsp3) is 0.261. The lowest BCUT2D eigenvalue weighted by atomic mass is 9.68. The molecule has 5 heteroatoms. The lowest BCUT2D eigenvalue weighted by Gasteiger charge is -2.35. The lowest BCUT2D eigenvalue weighted by molar-refractivity contribution is 0.620. The van der Waals surface area contributed by atoms with Gasteiger partial charge in [0.15, 0.2) is 5.82 Å². The molecule has 0 radical (unpaired) electrons. The smallest absolute Gasteiger partial charge is 0.152 e. The average molecular weight is 374 g/mol. The van der Waals surface area contributed by atoms with Crippen molar-refractivity contribution in [2.24, 2.45) is 0 Å². The van der Waals surface area contributed by atoms with Gasteiger partial charge in [0.1, 0.15) is 0 Å². The monoisotopic (exact) mass is 373 g/mol. The summed E-state index contributed by atoms with van der Waals surface area (Å²) in [5.74, 6) is 0.561. The molecule has 4 rings (SSSR count). The molecule has 2 aromatic carbocycles. The molecule has 0 aliphatic heterocycles. The first-order valence-electron chi connectivity index (χ1n) is 9.48. The summed E-state index contributed by atoms with van der Waals surface area (Å²) >= 11 is 0. The van der Waals surface area contributed by atoms with Crippen LogP contribution in [0, 0.1) is 0 Å². The summed E-state index contributed by atoms with van der Waals surface area (Å²) in [5, 5.41) is 7.35. The van der Waals surface area contributed by atoms with E-state index in [9.17, 15) is 0 Å². The summed E-state index contributed by atoms with van der Waals surface area (Å²) < 4.78 is 0. The maximum absolute atomic E-state index is 6.03. The van der Waals surface area contributed by atoms with Crippen LogP contribution >= 0.6 is 0 Å². The normalized spacial score (nSPS) is 14.6. The molecule has 0 saturated heterocycles. The van der Waals surface area contributed by atoms with Gasteiger partial charge < -0.3 is 15.5 Å². The van der Waals surface area contributed by atoms with Crippen LogP contribution in [0.3, 0.4) is 0 Å². The summed E-state index contributed by atoms with van der Waals surface area (Å²) in [5.41, 5.74) is 12.7. The summed E-state index contributed by atoms with van der Waals surface area (Å²) in [4.78, 5) is 4.24. The molecule has 0 amide bonds. The number of anilines is 3. The van der Waals surface area contributed by atoms with E-state index in [1.165, 1.54) is 22.5 Å². The number of aromatic nitrogens is 2. The number of hydrogen-bond acceptors (Lipinski definition) is 4. The van der Waals surface area contributed by atoms with Crippen LogP contribution in [-0.2, 0) is 11.8 Å². The van der Waals surface area contributed by atoms with Gasteiger partial charge in [-0.3, -0.25) is 5.10 Å². The van der Waals surface area contributed by atoms with E-state index in [-0.39, 0.29) is 5.41 Å². The van der Waals surface area contributed by atoms with Gasteiger partial charge in [0, 0.05) is 62.7 Å². The van der Waals surface area contributed by atoms with E-state index in [0.29, 0.717) is 5.82 Å². The number of hydrogen-bond donors (Lipinski definition) is 2. The van der Waals surface area contributed by atoms with Gasteiger partial charge in [-0.15, -0.1) is 0 Å². The number of nitrogens with zero attached hydrogens (tertiary/aromatic N) is 3. The first-order chi connectivity index (χ1) is 13.4. The van der Waals surface area contributed by atoms with Gasteiger partial charge in [0.25, 0.3) is 0 Å². The molecule has 1 aliphatic rings. The van der Waals surface area contributed by atoms with Crippen molar-refractivity contribution >= 4 is 23.3 Å². The Balaban J connectivity index is 1.84. The predicted molar refractivity (Wildman–Crippen MR) is 118 cm³/mol. The zero-order chi connectivity index (χ0) is 19.9. The summed E-state index contributed by atoms with van der Waals surface area (Å²) in [7, 11) is 8.24. The zero-order valence-corrected chi connectivity index (χ0v) is 16.9. The number of allylic oxidation sites excluding steroid dienone is 1. The molecule has 1 aliphatic carbocycles. The largest absolute Gasteiger partial charge is 0.382 e. The number of fused-ring (bicyclic) bond motifs is 1. The van der Waals surface area contributed by atoms with Crippen LogP contribution in [-0.4, -0.2) is 38.4 Å². The number of nitrogens with two attached hydrogens (primary N) is 1. The molecular formula is C23H27N5. The van der Waals surface area contributed by atoms with Crippen LogP contribution in [0.1, 0.15) is 22.4 Å². The van der Waals surface area contributed by atoms with Crippen LogP contribution < -0.4 is 15.5 Å². The second kappa shape index (κ2) is 6.75. The molecule has 0 unspecified atom stereocenters. The van der Waals surface area contributed by atoms with Gasteiger partial charge in [-0.2, -0.15) is 5.10 Å². The number of H-pyrrole nitrogens is 1. The van der Waals surface area contributed by atoms with E-state index in [2.05, 4.69) is 109 Å². The maximum Gasteiger partial charge on any atom is 0.152 e. The zero-order valence-electron chi connectivity index (χ0n) is 16.9. The topological polar surface area (TPSA) is 61.2 Å². The minimum absolute atomic E-state index is 0.262. The van der Waals surface area contributed by atoms with Crippen LogP contribution in [0.4, 0.5) is 17.2 Å². The molecule has 0 atom stereocenters. The molecule has 28 heavy (non-hydrogen) atoms. The number of nitrogens with one attached hydrogen (secondary N) is 1. The highest BCUT2D eigenvalue weighted by atomic mass is 15.2. The Morgan fingerprint density at radius 1 is 0.857 bits per heavy atom. The Morgan fingerprint density at radius 2 is 1.36 bits per heavy atom. The van der Waals surface area contributed by atoms with E-state index < -0.39 is 0 Å². The second-order valence-corrected chi connectivity index (χ2v) is 7.87.